The first-order valence-corrected chi connectivity index (χ1v) is 8.23. The molecule has 1 aromatic carbocycles. The molecule has 0 saturated heterocycles. The Morgan fingerprint density at radius 1 is 1.27 bits per heavy atom. The summed E-state index contributed by atoms with van der Waals surface area (Å²) >= 11 is 0. The summed E-state index contributed by atoms with van der Waals surface area (Å²) in [5.74, 6) is 1.56. The average molecular weight is 301 g/mol. The van der Waals surface area contributed by atoms with Crippen molar-refractivity contribution < 1.29 is 9.59 Å². The van der Waals surface area contributed by atoms with E-state index in [2.05, 4.69) is 26.1 Å². The van der Waals surface area contributed by atoms with Crippen molar-refractivity contribution in [3.05, 3.63) is 35.4 Å². The molecule has 1 aromatic rings. The van der Waals surface area contributed by atoms with Crippen LogP contribution in [0.5, 0.6) is 0 Å². The normalized spacial score (nSPS) is 28.4. The maximum Gasteiger partial charge on any atom is 0.207 e. The number of hydrogen-bond donors (Lipinski definition) is 1. The standard InChI is InChI=1S/C19H27NO2/c1-13(2)18-10-5-14(3)11-19(18,20-12-21)17-8-6-16(7-9-17)15(4)22/h6-9,12-14,18H,5,10-11H2,1-4H3,(H,20,21). The van der Waals surface area contributed by atoms with Gasteiger partial charge in [-0.15, -0.1) is 0 Å². The highest BCUT2D eigenvalue weighted by molar-refractivity contribution is 5.94. The van der Waals surface area contributed by atoms with Crippen LogP contribution in [0.1, 0.15) is 62.9 Å². The van der Waals surface area contributed by atoms with Crippen molar-refractivity contribution in [2.24, 2.45) is 17.8 Å². The van der Waals surface area contributed by atoms with Gasteiger partial charge in [0.2, 0.25) is 6.41 Å². The molecule has 2 rings (SSSR count). The minimum absolute atomic E-state index is 0.0707. The Kier molecular flexibility index (Phi) is 5.05. The van der Waals surface area contributed by atoms with Gasteiger partial charge in [-0.2, -0.15) is 0 Å². The Bertz CT molecular complexity index is 535. The molecule has 3 unspecified atom stereocenters. The fourth-order valence-electron chi connectivity index (χ4n) is 4.10. The van der Waals surface area contributed by atoms with Gasteiger partial charge in [0.25, 0.3) is 0 Å². The lowest BCUT2D eigenvalue weighted by Gasteiger charge is -2.48. The topological polar surface area (TPSA) is 46.2 Å². The van der Waals surface area contributed by atoms with Gasteiger partial charge in [0.05, 0.1) is 5.54 Å². The molecule has 0 heterocycles. The summed E-state index contributed by atoms with van der Waals surface area (Å²) in [6, 6.07) is 7.78. The van der Waals surface area contributed by atoms with Gasteiger partial charge in [0.15, 0.2) is 5.78 Å². The fraction of sp³-hybridized carbons (Fsp3) is 0.579. The molecule has 120 valence electrons. The third-order valence-electron chi connectivity index (χ3n) is 5.20. The summed E-state index contributed by atoms with van der Waals surface area (Å²) in [7, 11) is 0. The quantitative estimate of drug-likeness (QED) is 0.662. The van der Waals surface area contributed by atoms with Crippen molar-refractivity contribution in [3.63, 3.8) is 0 Å². The molecular weight excluding hydrogens is 274 g/mol. The highest BCUT2D eigenvalue weighted by Gasteiger charge is 2.45. The predicted molar refractivity (Wildman–Crippen MR) is 88.7 cm³/mol. The van der Waals surface area contributed by atoms with E-state index in [1.807, 2.05) is 24.3 Å². The number of nitrogens with one attached hydrogen (secondary N) is 1. The lowest BCUT2D eigenvalue weighted by Crippen LogP contribution is -2.53. The molecular formula is C19H27NO2. The minimum Gasteiger partial charge on any atom is -0.349 e. The highest BCUT2D eigenvalue weighted by atomic mass is 16.1. The first kappa shape index (κ1) is 16.7. The number of Topliss-reactive ketones (excluding diaryl/α,β-unsaturated/α-hetero) is 1. The number of amides is 1. The summed E-state index contributed by atoms with van der Waals surface area (Å²) in [5, 5.41) is 3.16. The van der Waals surface area contributed by atoms with Gasteiger partial charge in [0.1, 0.15) is 0 Å². The summed E-state index contributed by atoms with van der Waals surface area (Å²) in [4.78, 5) is 22.8. The minimum atomic E-state index is -0.317. The zero-order valence-electron chi connectivity index (χ0n) is 14.1. The van der Waals surface area contributed by atoms with Crippen LogP contribution in [0, 0.1) is 17.8 Å². The van der Waals surface area contributed by atoms with Crippen LogP contribution in [0.2, 0.25) is 0 Å². The molecule has 1 N–H and O–H groups in total. The van der Waals surface area contributed by atoms with E-state index in [0.717, 1.165) is 30.4 Å². The lowest BCUT2D eigenvalue weighted by atomic mass is 9.62. The molecule has 3 nitrogen and oxygen atoms in total. The van der Waals surface area contributed by atoms with Crippen molar-refractivity contribution in [2.45, 2.75) is 52.5 Å². The van der Waals surface area contributed by atoms with Crippen LogP contribution in [-0.4, -0.2) is 12.2 Å². The second-order valence-corrected chi connectivity index (χ2v) is 7.10. The maximum atomic E-state index is 11.5. The van der Waals surface area contributed by atoms with Gasteiger partial charge in [-0.25, -0.2) is 0 Å². The van der Waals surface area contributed by atoms with Crippen LogP contribution in [-0.2, 0) is 10.3 Å². The van der Waals surface area contributed by atoms with Crippen LogP contribution < -0.4 is 5.32 Å². The Hall–Kier alpha value is -1.64. The molecule has 1 amide bonds. The van der Waals surface area contributed by atoms with E-state index in [0.29, 0.717) is 17.8 Å². The van der Waals surface area contributed by atoms with Gasteiger partial charge >= 0.3 is 0 Å². The van der Waals surface area contributed by atoms with Gasteiger partial charge in [-0.3, -0.25) is 9.59 Å². The number of hydrogen-bond acceptors (Lipinski definition) is 2. The summed E-state index contributed by atoms with van der Waals surface area (Å²) in [6.07, 6.45) is 4.12. The number of rotatable bonds is 5. The molecule has 0 bridgehead atoms. The molecule has 1 fully saturated rings. The molecule has 3 atom stereocenters. The van der Waals surface area contributed by atoms with E-state index in [9.17, 15) is 9.59 Å². The first-order chi connectivity index (χ1) is 10.4. The zero-order valence-corrected chi connectivity index (χ0v) is 14.1. The van der Waals surface area contributed by atoms with Crippen LogP contribution in [0.25, 0.3) is 0 Å². The highest BCUT2D eigenvalue weighted by Crippen LogP contribution is 2.47. The molecule has 1 aliphatic rings. The van der Waals surface area contributed by atoms with Crippen molar-refractivity contribution in [2.75, 3.05) is 0 Å². The van der Waals surface area contributed by atoms with Crippen molar-refractivity contribution >= 4 is 12.2 Å². The van der Waals surface area contributed by atoms with E-state index >= 15 is 0 Å². The average Bonchev–Trinajstić information content (AvgIpc) is 2.47. The van der Waals surface area contributed by atoms with Crippen LogP contribution in [0.3, 0.4) is 0 Å². The maximum absolute atomic E-state index is 11.5. The van der Waals surface area contributed by atoms with Crippen molar-refractivity contribution in [1.29, 1.82) is 0 Å². The third-order valence-corrected chi connectivity index (χ3v) is 5.20. The molecule has 1 saturated carbocycles. The molecule has 22 heavy (non-hydrogen) atoms. The largest absolute Gasteiger partial charge is 0.349 e. The molecule has 0 aromatic heterocycles. The zero-order chi connectivity index (χ0) is 16.3. The number of ketones is 1. The van der Waals surface area contributed by atoms with Gasteiger partial charge in [-0.1, -0.05) is 51.5 Å². The Balaban J connectivity index is 2.48. The fourth-order valence-corrected chi connectivity index (χ4v) is 4.10. The predicted octanol–water partition coefficient (Wildman–Crippen LogP) is 3.92. The Labute approximate surface area is 133 Å². The number of carbonyl (C=O) groups is 2. The van der Waals surface area contributed by atoms with E-state index in [-0.39, 0.29) is 11.3 Å². The van der Waals surface area contributed by atoms with Gasteiger partial charge < -0.3 is 5.32 Å². The van der Waals surface area contributed by atoms with E-state index in [1.54, 1.807) is 6.92 Å². The molecule has 0 aliphatic heterocycles. The Morgan fingerprint density at radius 3 is 2.41 bits per heavy atom. The first-order valence-electron chi connectivity index (χ1n) is 8.23. The summed E-state index contributed by atoms with van der Waals surface area (Å²) < 4.78 is 0. The van der Waals surface area contributed by atoms with E-state index in [1.165, 1.54) is 6.42 Å². The number of benzene rings is 1. The summed E-state index contributed by atoms with van der Waals surface area (Å²) in [6.45, 7) is 8.29. The second-order valence-electron chi connectivity index (χ2n) is 7.10. The molecule has 0 spiro atoms. The van der Waals surface area contributed by atoms with Crippen LogP contribution >= 0.6 is 0 Å². The van der Waals surface area contributed by atoms with Crippen LogP contribution in [0.15, 0.2) is 24.3 Å². The third kappa shape index (κ3) is 3.08. The molecule has 0 radical (unpaired) electrons. The lowest BCUT2D eigenvalue weighted by molar-refractivity contribution is -0.113. The van der Waals surface area contributed by atoms with Crippen molar-refractivity contribution in [3.8, 4) is 0 Å². The van der Waals surface area contributed by atoms with Gasteiger partial charge in [-0.05, 0) is 43.1 Å². The molecule has 3 heteroatoms. The van der Waals surface area contributed by atoms with Gasteiger partial charge in [0, 0.05) is 5.56 Å². The second kappa shape index (κ2) is 6.64. The Morgan fingerprint density at radius 2 is 1.91 bits per heavy atom. The molecule has 1 aliphatic carbocycles. The SMILES string of the molecule is CC(=O)c1ccc(C2(NC=O)CC(C)CCC2C(C)C)cc1. The smallest absolute Gasteiger partial charge is 0.207 e. The van der Waals surface area contributed by atoms with E-state index in [4.69, 9.17) is 0 Å². The van der Waals surface area contributed by atoms with E-state index < -0.39 is 0 Å². The van der Waals surface area contributed by atoms with Crippen molar-refractivity contribution in [1.82, 2.24) is 5.32 Å². The number of carbonyl (C=O) groups excluding carboxylic acids is 2. The van der Waals surface area contributed by atoms with Crippen LogP contribution in [0.4, 0.5) is 0 Å². The summed E-state index contributed by atoms with van der Waals surface area (Å²) in [5.41, 5.74) is 1.52. The monoisotopic (exact) mass is 301 g/mol.